The van der Waals surface area contributed by atoms with Gasteiger partial charge in [0.2, 0.25) is 0 Å². The molecule has 0 spiro atoms. The summed E-state index contributed by atoms with van der Waals surface area (Å²) in [7, 11) is -3.05. The number of rotatable bonds is 6. The Balaban J connectivity index is 1.63. The summed E-state index contributed by atoms with van der Waals surface area (Å²) in [5, 5.41) is 0. The molecule has 21 heavy (non-hydrogen) atoms. The van der Waals surface area contributed by atoms with Crippen LogP contribution in [0.25, 0.3) is 0 Å². The van der Waals surface area contributed by atoms with Crippen molar-refractivity contribution < 1.29 is 17.8 Å². The van der Waals surface area contributed by atoms with Gasteiger partial charge in [-0.1, -0.05) is 6.92 Å². The van der Waals surface area contributed by atoms with Crippen molar-refractivity contribution in [3.05, 3.63) is 0 Å². The first-order chi connectivity index (χ1) is 9.98. The van der Waals surface area contributed by atoms with Gasteiger partial charge in [-0.15, -0.1) is 9.66 Å². The van der Waals surface area contributed by atoms with Crippen molar-refractivity contribution in [2.75, 3.05) is 26.0 Å². The Morgan fingerprint density at radius 1 is 1.52 bits per heavy atom. The SMILES string of the molecule is CCC1N=C(N2CCC(CCCO[S+](C)(=O)O)CC2)ON1. The predicted octanol–water partition coefficient (Wildman–Crippen LogP) is 1.64. The summed E-state index contributed by atoms with van der Waals surface area (Å²) in [5.74, 6) is 0.647. The van der Waals surface area contributed by atoms with Crippen LogP contribution in [0.5, 0.6) is 0 Å². The molecule has 2 N–H and O–H groups in total. The summed E-state index contributed by atoms with van der Waals surface area (Å²) in [6, 6.07) is 0.717. The van der Waals surface area contributed by atoms with Crippen molar-refractivity contribution in [2.45, 2.75) is 45.2 Å². The maximum atomic E-state index is 11.0. The Labute approximate surface area is 127 Å². The zero-order valence-electron chi connectivity index (χ0n) is 12.8. The Morgan fingerprint density at radius 3 is 2.81 bits per heavy atom. The topological polar surface area (TPSA) is 83.4 Å². The van der Waals surface area contributed by atoms with Crippen molar-refractivity contribution in [1.29, 1.82) is 0 Å². The summed E-state index contributed by atoms with van der Waals surface area (Å²) >= 11 is 0. The third kappa shape index (κ3) is 5.54. The third-order valence-electron chi connectivity index (χ3n) is 3.88. The van der Waals surface area contributed by atoms with Crippen LogP contribution >= 0.6 is 0 Å². The number of amidine groups is 1. The number of likely N-dealkylation sites (tertiary alicyclic amines) is 1. The van der Waals surface area contributed by atoms with Crippen LogP contribution in [0.15, 0.2) is 4.99 Å². The van der Waals surface area contributed by atoms with Crippen molar-refractivity contribution in [1.82, 2.24) is 10.4 Å². The van der Waals surface area contributed by atoms with Gasteiger partial charge in [0.15, 0.2) is 6.26 Å². The average molecular weight is 320 g/mol. The van der Waals surface area contributed by atoms with Gasteiger partial charge >= 0.3 is 16.5 Å². The van der Waals surface area contributed by atoms with Gasteiger partial charge in [0.05, 0.1) is 0 Å². The quantitative estimate of drug-likeness (QED) is 0.572. The van der Waals surface area contributed by atoms with Crippen molar-refractivity contribution in [3.63, 3.8) is 0 Å². The monoisotopic (exact) mass is 320 g/mol. The lowest BCUT2D eigenvalue weighted by atomic mass is 9.92. The van der Waals surface area contributed by atoms with E-state index in [1.807, 2.05) is 0 Å². The lowest BCUT2D eigenvalue weighted by molar-refractivity contribution is 0.130. The Morgan fingerprint density at radius 2 is 2.24 bits per heavy atom. The normalized spacial score (nSPS) is 26.3. The zero-order chi connectivity index (χ0) is 15.3. The first-order valence-electron chi connectivity index (χ1n) is 7.59. The van der Waals surface area contributed by atoms with E-state index in [2.05, 4.69) is 22.3 Å². The maximum Gasteiger partial charge on any atom is 0.349 e. The molecule has 0 aliphatic carbocycles. The van der Waals surface area contributed by atoms with E-state index < -0.39 is 10.5 Å². The van der Waals surface area contributed by atoms with Crippen LogP contribution in [-0.2, 0) is 23.7 Å². The van der Waals surface area contributed by atoms with Gasteiger partial charge in [0.25, 0.3) is 0 Å². The smallest absolute Gasteiger partial charge is 0.349 e. The number of nitrogens with zero attached hydrogens (tertiary/aromatic N) is 2. The summed E-state index contributed by atoms with van der Waals surface area (Å²) in [6.45, 7) is 4.33. The van der Waals surface area contributed by atoms with Crippen LogP contribution in [0.2, 0.25) is 0 Å². The molecule has 8 heteroatoms. The predicted molar refractivity (Wildman–Crippen MR) is 81.8 cm³/mol. The van der Waals surface area contributed by atoms with E-state index in [-0.39, 0.29) is 6.17 Å². The minimum absolute atomic E-state index is 0.0808. The van der Waals surface area contributed by atoms with Gasteiger partial charge < -0.3 is 9.74 Å². The van der Waals surface area contributed by atoms with Gasteiger partial charge in [-0.25, -0.2) is 4.99 Å². The highest BCUT2D eigenvalue weighted by Crippen LogP contribution is 2.23. The van der Waals surface area contributed by atoms with E-state index >= 15 is 0 Å². The molecule has 2 atom stereocenters. The van der Waals surface area contributed by atoms with Crippen LogP contribution in [-0.4, -0.2) is 47.6 Å². The lowest BCUT2D eigenvalue weighted by Crippen LogP contribution is -2.39. The van der Waals surface area contributed by atoms with E-state index in [4.69, 9.17) is 13.6 Å². The van der Waals surface area contributed by atoms with Gasteiger partial charge in [-0.2, -0.15) is 4.55 Å². The molecule has 1 fully saturated rings. The number of nitrogens with one attached hydrogen (secondary N) is 1. The molecule has 0 bridgehead atoms. The second kappa shape index (κ2) is 7.53. The van der Waals surface area contributed by atoms with E-state index in [9.17, 15) is 4.21 Å². The summed E-state index contributed by atoms with van der Waals surface area (Å²) < 4.78 is 24.9. The molecular weight excluding hydrogens is 294 g/mol. The highest BCUT2D eigenvalue weighted by Gasteiger charge is 2.27. The Bertz CT molecular complexity index is 404. The highest BCUT2D eigenvalue weighted by atomic mass is 32.3. The molecule has 0 aromatic heterocycles. The fourth-order valence-electron chi connectivity index (χ4n) is 2.63. The average Bonchev–Trinajstić information content (AvgIpc) is 2.92. The molecule has 122 valence electrons. The van der Waals surface area contributed by atoms with E-state index in [0.717, 1.165) is 51.2 Å². The summed E-state index contributed by atoms with van der Waals surface area (Å²) in [5.41, 5.74) is 2.91. The molecule has 2 aliphatic heterocycles. The summed E-state index contributed by atoms with van der Waals surface area (Å²) in [6.07, 6.45) is 6.26. The molecular formula is C13H26N3O4S+. The number of hydrogen-bond acceptors (Lipinski definition) is 6. The van der Waals surface area contributed by atoms with E-state index in [1.165, 1.54) is 6.26 Å². The van der Waals surface area contributed by atoms with Crippen LogP contribution in [0, 0.1) is 5.92 Å². The number of hydroxylamine groups is 1. The minimum Gasteiger partial charge on any atom is -0.368 e. The lowest BCUT2D eigenvalue weighted by Gasteiger charge is -2.31. The fourth-order valence-corrected chi connectivity index (χ4v) is 3.05. The molecule has 2 unspecified atom stereocenters. The molecule has 2 rings (SSSR count). The molecule has 0 amide bonds. The standard InChI is InChI=1S/C13H25N3O4S/c1-3-12-14-13(20-15-12)16-8-6-11(7-9-16)5-4-10-19-21(2,17)18/h11-12,15H,3-10H2,1-2H3/p+1. The van der Waals surface area contributed by atoms with E-state index in [1.54, 1.807) is 0 Å². The van der Waals surface area contributed by atoms with Crippen LogP contribution in [0.3, 0.4) is 0 Å². The molecule has 0 saturated carbocycles. The Kier molecular flexibility index (Phi) is 5.98. The molecule has 1 saturated heterocycles. The van der Waals surface area contributed by atoms with Crippen LogP contribution < -0.4 is 5.48 Å². The zero-order valence-corrected chi connectivity index (χ0v) is 13.6. The van der Waals surface area contributed by atoms with E-state index in [0.29, 0.717) is 12.5 Å². The second-order valence-electron chi connectivity index (χ2n) is 5.68. The maximum absolute atomic E-state index is 11.0. The van der Waals surface area contributed by atoms with Crippen molar-refractivity contribution in [3.8, 4) is 0 Å². The molecule has 7 nitrogen and oxygen atoms in total. The molecule has 0 radical (unpaired) electrons. The fraction of sp³-hybridized carbons (Fsp3) is 0.923. The number of hydrogen-bond donors (Lipinski definition) is 2. The van der Waals surface area contributed by atoms with Crippen LogP contribution in [0.1, 0.15) is 39.0 Å². The first-order valence-corrected chi connectivity index (χ1v) is 9.44. The largest absolute Gasteiger partial charge is 0.368 e. The molecule has 0 aromatic rings. The van der Waals surface area contributed by atoms with Crippen molar-refractivity contribution in [2.24, 2.45) is 10.9 Å². The van der Waals surface area contributed by atoms with Gasteiger partial charge in [-0.3, -0.25) is 0 Å². The second-order valence-corrected chi connectivity index (χ2v) is 7.39. The van der Waals surface area contributed by atoms with Crippen molar-refractivity contribution >= 4 is 16.5 Å². The Hall–Kier alpha value is -0.700. The van der Waals surface area contributed by atoms with Gasteiger partial charge in [-0.05, 0) is 42.2 Å². The third-order valence-corrected chi connectivity index (χ3v) is 4.49. The molecule has 0 aromatic carbocycles. The highest BCUT2D eigenvalue weighted by molar-refractivity contribution is 7.92. The van der Waals surface area contributed by atoms with Crippen LogP contribution in [0.4, 0.5) is 0 Å². The first kappa shape index (κ1) is 16.7. The minimum atomic E-state index is -3.05. The van der Waals surface area contributed by atoms with Gasteiger partial charge in [0, 0.05) is 13.1 Å². The molecule has 2 aliphatic rings. The summed E-state index contributed by atoms with van der Waals surface area (Å²) in [4.78, 5) is 12.1. The van der Waals surface area contributed by atoms with Gasteiger partial charge in [0.1, 0.15) is 12.8 Å². The number of aliphatic imine (C=N–C) groups is 1. The molecule has 2 heterocycles. The number of piperidine rings is 1.